The van der Waals surface area contributed by atoms with Crippen molar-refractivity contribution in [3.05, 3.63) is 63.3 Å². The Bertz CT molecular complexity index is 631. The Labute approximate surface area is 123 Å². The average Bonchev–Trinajstić information content (AvgIpc) is 2.41. The summed E-state index contributed by atoms with van der Waals surface area (Å²) in [6.45, 7) is 0. The van der Waals surface area contributed by atoms with Gasteiger partial charge >= 0.3 is 0 Å². The first kappa shape index (κ1) is 13.7. The molecule has 0 atom stereocenters. The van der Waals surface area contributed by atoms with E-state index >= 15 is 0 Å². The Morgan fingerprint density at radius 3 is 2.89 bits per heavy atom. The minimum Gasteiger partial charge on any atom is -0.267 e. The van der Waals surface area contributed by atoms with E-state index in [0.717, 1.165) is 10.0 Å². The molecular weight excluding hydrogens is 330 g/mol. The summed E-state index contributed by atoms with van der Waals surface area (Å²) < 4.78 is 0.732. The zero-order chi connectivity index (χ0) is 13.7. The van der Waals surface area contributed by atoms with E-state index in [1.165, 1.54) is 12.4 Å². The Hall–Kier alpha value is -1.72. The second kappa shape index (κ2) is 6.45. The van der Waals surface area contributed by atoms with Crippen molar-refractivity contribution in [3.63, 3.8) is 0 Å². The van der Waals surface area contributed by atoms with Crippen molar-refractivity contribution in [2.45, 2.75) is 0 Å². The lowest BCUT2D eigenvalue weighted by Crippen LogP contribution is -2.17. The van der Waals surface area contributed by atoms with Crippen LogP contribution >= 0.6 is 27.5 Å². The zero-order valence-electron chi connectivity index (χ0n) is 9.68. The molecule has 19 heavy (non-hydrogen) atoms. The molecule has 1 amide bonds. The molecule has 1 aromatic carbocycles. The summed E-state index contributed by atoms with van der Waals surface area (Å²) >= 11 is 9.20. The highest BCUT2D eigenvalue weighted by Crippen LogP contribution is 2.12. The zero-order valence-corrected chi connectivity index (χ0v) is 12.0. The van der Waals surface area contributed by atoms with E-state index in [4.69, 9.17) is 11.6 Å². The molecule has 0 saturated carbocycles. The van der Waals surface area contributed by atoms with Gasteiger partial charge in [-0.25, -0.2) is 5.43 Å². The molecule has 1 N–H and O–H groups in total. The minimum absolute atomic E-state index is 0.336. The average molecular weight is 339 g/mol. The third-order valence-electron chi connectivity index (χ3n) is 2.24. The van der Waals surface area contributed by atoms with Gasteiger partial charge in [0.1, 0.15) is 0 Å². The van der Waals surface area contributed by atoms with E-state index in [2.05, 4.69) is 31.4 Å². The molecule has 2 rings (SSSR count). The summed E-state index contributed by atoms with van der Waals surface area (Å²) in [4.78, 5) is 15.7. The number of aromatic nitrogens is 1. The van der Waals surface area contributed by atoms with Gasteiger partial charge < -0.3 is 0 Å². The van der Waals surface area contributed by atoms with Crippen molar-refractivity contribution in [1.82, 2.24) is 10.4 Å². The summed E-state index contributed by atoms with van der Waals surface area (Å²) in [5.41, 5.74) is 3.57. The Balaban J connectivity index is 2.03. The first-order chi connectivity index (χ1) is 9.16. The number of rotatable bonds is 3. The molecule has 96 valence electrons. The fourth-order valence-corrected chi connectivity index (χ4v) is 1.89. The molecule has 1 aromatic heterocycles. The molecule has 0 aliphatic heterocycles. The van der Waals surface area contributed by atoms with Crippen molar-refractivity contribution in [2.24, 2.45) is 5.10 Å². The van der Waals surface area contributed by atoms with Gasteiger partial charge in [0.2, 0.25) is 0 Å². The highest BCUT2D eigenvalue weighted by Gasteiger charge is 2.04. The Morgan fingerprint density at radius 2 is 2.16 bits per heavy atom. The Kier molecular flexibility index (Phi) is 4.65. The van der Waals surface area contributed by atoms with Crippen molar-refractivity contribution < 1.29 is 4.79 Å². The molecule has 0 unspecified atom stereocenters. The van der Waals surface area contributed by atoms with Crippen molar-refractivity contribution in [3.8, 4) is 0 Å². The molecule has 0 spiro atoms. The molecular formula is C13H9BrClN3O. The fourth-order valence-electron chi connectivity index (χ4n) is 1.34. The maximum absolute atomic E-state index is 11.8. The molecule has 1 heterocycles. The van der Waals surface area contributed by atoms with Gasteiger partial charge in [-0.3, -0.25) is 9.78 Å². The van der Waals surface area contributed by atoms with E-state index in [-0.39, 0.29) is 5.91 Å². The minimum atomic E-state index is -0.336. The van der Waals surface area contributed by atoms with Crippen LogP contribution in [0.2, 0.25) is 5.02 Å². The predicted octanol–water partition coefficient (Wildman–Crippen LogP) is 3.26. The first-order valence-electron chi connectivity index (χ1n) is 5.35. The molecule has 0 fully saturated rings. The third kappa shape index (κ3) is 3.87. The van der Waals surface area contributed by atoms with E-state index in [1.807, 2.05) is 12.1 Å². The van der Waals surface area contributed by atoms with E-state index in [9.17, 15) is 4.79 Å². The van der Waals surface area contributed by atoms with Crippen LogP contribution in [0.3, 0.4) is 0 Å². The van der Waals surface area contributed by atoms with E-state index < -0.39 is 0 Å². The number of pyridine rings is 1. The van der Waals surface area contributed by atoms with Crippen molar-refractivity contribution in [2.75, 3.05) is 0 Å². The quantitative estimate of drug-likeness (QED) is 0.690. The molecule has 2 aromatic rings. The standard InChI is InChI=1S/C13H9BrClN3O/c14-11-5-10(6-16-8-11)13(19)18-17-7-9-3-1-2-4-12(9)15/h1-8H,(H,18,19)/b17-7+. The number of benzene rings is 1. The number of nitrogens with zero attached hydrogens (tertiary/aromatic N) is 2. The summed E-state index contributed by atoms with van der Waals surface area (Å²) in [5.74, 6) is -0.336. The van der Waals surface area contributed by atoms with E-state index in [1.54, 1.807) is 24.4 Å². The Morgan fingerprint density at radius 1 is 1.37 bits per heavy atom. The van der Waals surface area contributed by atoms with Gasteiger partial charge in [0.05, 0.1) is 11.8 Å². The lowest BCUT2D eigenvalue weighted by Gasteiger charge is -2.00. The van der Waals surface area contributed by atoms with Gasteiger partial charge in [0.25, 0.3) is 5.91 Å². The van der Waals surface area contributed by atoms with Gasteiger partial charge in [0, 0.05) is 27.5 Å². The molecule has 6 heteroatoms. The van der Waals surface area contributed by atoms with Crippen molar-refractivity contribution in [1.29, 1.82) is 0 Å². The second-order valence-corrected chi connectivity index (χ2v) is 4.94. The van der Waals surface area contributed by atoms with Crippen LogP contribution in [0.25, 0.3) is 0 Å². The number of nitrogens with one attached hydrogen (secondary N) is 1. The fraction of sp³-hybridized carbons (Fsp3) is 0. The van der Waals surface area contributed by atoms with Gasteiger partial charge in [-0.2, -0.15) is 5.10 Å². The SMILES string of the molecule is O=C(N/N=C/c1ccccc1Cl)c1cncc(Br)c1. The van der Waals surface area contributed by atoms with Crippen LogP contribution in [-0.2, 0) is 0 Å². The monoisotopic (exact) mass is 337 g/mol. The summed E-state index contributed by atoms with van der Waals surface area (Å²) in [6, 6.07) is 8.88. The molecule has 4 nitrogen and oxygen atoms in total. The summed E-state index contributed by atoms with van der Waals surface area (Å²) in [5, 5.41) is 4.43. The largest absolute Gasteiger partial charge is 0.272 e. The summed E-state index contributed by atoms with van der Waals surface area (Å²) in [6.07, 6.45) is 4.56. The lowest BCUT2D eigenvalue weighted by atomic mass is 10.2. The van der Waals surface area contributed by atoms with Crippen LogP contribution in [0.5, 0.6) is 0 Å². The van der Waals surface area contributed by atoms with E-state index in [0.29, 0.717) is 10.6 Å². The number of hydrogen-bond acceptors (Lipinski definition) is 3. The van der Waals surface area contributed by atoms with Crippen LogP contribution in [0.15, 0.2) is 52.3 Å². The number of carbonyl (C=O) groups excluding carboxylic acids is 1. The number of hydrogen-bond donors (Lipinski definition) is 1. The maximum Gasteiger partial charge on any atom is 0.272 e. The summed E-state index contributed by atoms with van der Waals surface area (Å²) in [7, 11) is 0. The first-order valence-corrected chi connectivity index (χ1v) is 6.52. The number of amides is 1. The number of hydrazone groups is 1. The smallest absolute Gasteiger partial charge is 0.267 e. The lowest BCUT2D eigenvalue weighted by molar-refractivity contribution is 0.0954. The van der Waals surface area contributed by atoms with Crippen LogP contribution < -0.4 is 5.43 Å². The van der Waals surface area contributed by atoms with Crippen LogP contribution in [0, 0.1) is 0 Å². The second-order valence-electron chi connectivity index (χ2n) is 3.61. The predicted molar refractivity (Wildman–Crippen MR) is 78.4 cm³/mol. The van der Waals surface area contributed by atoms with Gasteiger partial charge in [-0.05, 0) is 28.1 Å². The normalized spacial score (nSPS) is 10.6. The number of halogens is 2. The van der Waals surface area contributed by atoms with Crippen LogP contribution in [0.4, 0.5) is 0 Å². The number of carbonyl (C=O) groups is 1. The molecule has 0 aliphatic rings. The van der Waals surface area contributed by atoms with Gasteiger partial charge in [-0.1, -0.05) is 29.8 Å². The van der Waals surface area contributed by atoms with Gasteiger partial charge in [0.15, 0.2) is 0 Å². The highest BCUT2D eigenvalue weighted by molar-refractivity contribution is 9.10. The molecule has 0 radical (unpaired) electrons. The maximum atomic E-state index is 11.8. The molecule has 0 saturated heterocycles. The van der Waals surface area contributed by atoms with Crippen LogP contribution in [0.1, 0.15) is 15.9 Å². The third-order valence-corrected chi connectivity index (χ3v) is 3.02. The topological polar surface area (TPSA) is 54.4 Å². The highest BCUT2D eigenvalue weighted by atomic mass is 79.9. The molecule has 0 bridgehead atoms. The van der Waals surface area contributed by atoms with Gasteiger partial charge in [-0.15, -0.1) is 0 Å². The van der Waals surface area contributed by atoms with Crippen molar-refractivity contribution >= 4 is 39.7 Å². The molecule has 0 aliphatic carbocycles. The van der Waals surface area contributed by atoms with Crippen LogP contribution in [-0.4, -0.2) is 17.1 Å².